The Morgan fingerprint density at radius 2 is 1.44 bits per heavy atom. The maximum atomic E-state index is 13.0. The number of nitrogens with one attached hydrogen (secondary N) is 1. The van der Waals surface area contributed by atoms with Crippen LogP contribution in [-0.2, 0) is 19.1 Å². The number of benzene rings is 3. The molecule has 0 bridgehead atoms. The van der Waals surface area contributed by atoms with E-state index < -0.39 is 22.7 Å². The van der Waals surface area contributed by atoms with E-state index in [0.717, 1.165) is 21.7 Å². The molecule has 0 saturated carbocycles. The van der Waals surface area contributed by atoms with Gasteiger partial charge in [-0.05, 0) is 23.6 Å². The maximum Gasteiger partial charge on any atom is 0.303 e. The van der Waals surface area contributed by atoms with Crippen LogP contribution in [0.3, 0.4) is 0 Å². The molecule has 1 aliphatic rings. The second-order valence-electron chi connectivity index (χ2n) is 8.67. The highest BCUT2D eigenvalue weighted by molar-refractivity contribution is 8.01. The number of hydrogen-bond acceptors (Lipinski definition) is 6. The normalized spacial score (nSPS) is 18.1. The molecule has 0 spiro atoms. The van der Waals surface area contributed by atoms with Crippen LogP contribution >= 0.6 is 23.1 Å². The first-order chi connectivity index (χ1) is 17.5. The van der Waals surface area contributed by atoms with E-state index in [2.05, 4.69) is 46.7 Å². The highest BCUT2D eigenvalue weighted by atomic mass is 32.2. The summed E-state index contributed by atoms with van der Waals surface area (Å²) in [6.07, 6.45) is -0.751. The molecule has 7 heteroatoms. The number of thiazole rings is 1. The number of ether oxygens (including phenoxy) is 1. The molecular weight excluding hydrogens is 488 g/mol. The first-order valence-corrected chi connectivity index (χ1v) is 13.5. The number of aryl methyl sites for hydroxylation is 1. The van der Waals surface area contributed by atoms with Gasteiger partial charge in [0.25, 0.3) is 0 Å². The monoisotopic (exact) mass is 514 g/mol. The highest BCUT2D eigenvalue weighted by Crippen LogP contribution is 2.53. The Balaban J connectivity index is 1.63. The molecule has 1 fully saturated rings. The van der Waals surface area contributed by atoms with Gasteiger partial charge in [-0.25, -0.2) is 4.98 Å². The van der Waals surface area contributed by atoms with Gasteiger partial charge in [-0.2, -0.15) is 0 Å². The minimum absolute atomic E-state index is 0.146. The molecule has 3 atom stereocenters. The molecule has 1 N–H and O–H groups in total. The van der Waals surface area contributed by atoms with Crippen molar-refractivity contribution in [3.63, 3.8) is 0 Å². The SMILES string of the molecule is CC(=O)OC(c1csc(C)n1)C1C(=O)NC1SC(c1ccccc1)(c1ccccc1)c1ccccc1. The van der Waals surface area contributed by atoms with Crippen molar-refractivity contribution in [2.24, 2.45) is 5.92 Å². The molecule has 5 nitrogen and oxygen atoms in total. The van der Waals surface area contributed by atoms with Crippen molar-refractivity contribution < 1.29 is 14.3 Å². The third kappa shape index (κ3) is 4.56. The summed E-state index contributed by atoms with van der Waals surface area (Å²) < 4.78 is 5.11. The molecule has 1 aliphatic heterocycles. The first kappa shape index (κ1) is 24.3. The van der Waals surface area contributed by atoms with Crippen molar-refractivity contribution in [1.29, 1.82) is 0 Å². The van der Waals surface area contributed by atoms with Gasteiger partial charge in [-0.3, -0.25) is 9.59 Å². The fourth-order valence-electron chi connectivity index (χ4n) is 4.69. The lowest BCUT2D eigenvalue weighted by Gasteiger charge is -2.46. The van der Waals surface area contributed by atoms with Gasteiger partial charge in [0.15, 0.2) is 6.10 Å². The number of aromatic nitrogens is 1. The van der Waals surface area contributed by atoms with E-state index in [1.54, 1.807) is 11.8 Å². The molecule has 182 valence electrons. The van der Waals surface area contributed by atoms with Gasteiger partial charge in [-0.15, -0.1) is 23.1 Å². The third-order valence-corrected chi connectivity index (χ3v) is 8.82. The number of nitrogens with zero attached hydrogens (tertiary/aromatic N) is 1. The van der Waals surface area contributed by atoms with Crippen LogP contribution in [0.2, 0.25) is 0 Å². The maximum absolute atomic E-state index is 13.0. The molecule has 3 unspecified atom stereocenters. The highest BCUT2D eigenvalue weighted by Gasteiger charge is 2.52. The van der Waals surface area contributed by atoms with Crippen LogP contribution in [0.25, 0.3) is 0 Å². The van der Waals surface area contributed by atoms with Crippen molar-refractivity contribution >= 4 is 35.0 Å². The van der Waals surface area contributed by atoms with E-state index in [-0.39, 0.29) is 11.3 Å². The summed E-state index contributed by atoms with van der Waals surface area (Å²) in [4.78, 5) is 29.6. The van der Waals surface area contributed by atoms with Crippen molar-refractivity contribution in [2.45, 2.75) is 30.1 Å². The van der Waals surface area contributed by atoms with Gasteiger partial charge in [-0.1, -0.05) is 91.0 Å². The molecule has 36 heavy (non-hydrogen) atoms. The van der Waals surface area contributed by atoms with Crippen LogP contribution in [0, 0.1) is 12.8 Å². The molecule has 0 radical (unpaired) electrons. The van der Waals surface area contributed by atoms with Crippen LogP contribution < -0.4 is 5.32 Å². The number of carbonyl (C=O) groups is 2. The van der Waals surface area contributed by atoms with Gasteiger partial charge < -0.3 is 10.1 Å². The number of hydrogen-bond donors (Lipinski definition) is 1. The van der Waals surface area contributed by atoms with Gasteiger partial charge in [0.05, 0.1) is 20.8 Å². The largest absolute Gasteiger partial charge is 0.455 e. The van der Waals surface area contributed by atoms with Gasteiger partial charge in [0.2, 0.25) is 5.91 Å². The molecule has 0 aliphatic carbocycles. The number of thioether (sulfide) groups is 1. The molecule has 1 amide bonds. The molecule has 1 aromatic heterocycles. The summed E-state index contributed by atoms with van der Waals surface area (Å²) in [5.74, 6) is -1.15. The lowest BCUT2D eigenvalue weighted by atomic mass is 9.84. The number of β-lactam (4-membered cyclic amide) rings is 1. The standard InChI is InChI=1S/C29H26N2O3S2/c1-19-30-24(18-35-19)26(34-20(2)32)25-27(33)31-28(25)36-29(21-12-6-3-7-13-21,22-14-8-4-9-15-22)23-16-10-5-11-17-23/h3-18,25-26,28H,1-2H3,(H,31,33). The first-order valence-electron chi connectivity index (χ1n) is 11.7. The van der Waals surface area contributed by atoms with Crippen LogP contribution in [0.5, 0.6) is 0 Å². The van der Waals surface area contributed by atoms with Crippen LogP contribution in [0.15, 0.2) is 96.4 Å². The Bertz CT molecular complexity index is 1250. The Kier molecular flexibility index (Phi) is 6.94. The average Bonchev–Trinajstić information content (AvgIpc) is 3.33. The minimum Gasteiger partial charge on any atom is -0.455 e. The predicted octanol–water partition coefficient (Wildman–Crippen LogP) is 5.85. The minimum atomic E-state index is -0.751. The lowest BCUT2D eigenvalue weighted by molar-refractivity contribution is -0.156. The molecule has 2 heterocycles. The summed E-state index contributed by atoms with van der Waals surface area (Å²) in [5.41, 5.74) is 3.91. The average molecular weight is 515 g/mol. The van der Waals surface area contributed by atoms with E-state index in [1.165, 1.54) is 18.3 Å². The van der Waals surface area contributed by atoms with Crippen molar-refractivity contribution in [1.82, 2.24) is 10.3 Å². The molecule has 5 rings (SSSR count). The van der Waals surface area contributed by atoms with E-state index in [0.29, 0.717) is 5.69 Å². The van der Waals surface area contributed by atoms with Crippen LogP contribution in [0.1, 0.15) is 40.4 Å². The Hall–Kier alpha value is -3.42. The summed E-state index contributed by atoms with van der Waals surface area (Å²) in [7, 11) is 0. The van der Waals surface area contributed by atoms with E-state index in [9.17, 15) is 9.59 Å². The summed E-state index contributed by atoms with van der Waals surface area (Å²) in [5, 5.41) is 5.51. The topological polar surface area (TPSA) is 68.3 Å². The van der Waals surface area contributed by atoms with Gasteiger partial charge in [0.1, 0.15) is 5.92 Å². The van der Waals surface area contributed by atoms with E-state index in [4.69, 9.17) is 4.74 Å². The number of esters is 1. The number of rotatable bonds is 8. The van der Waals surface area contributed by atoms with Gasteiger partial charge in [0, 0.05) is 12.3 Å². The Morgan fingerprint density at radius 1 is 0.944 bits per heavy atom. The third-order valence-electron chi connectivity index (χ3n) is 6.31. The van der Waals surface area contributed by atoms with Gasteiger partial charge >= 0.3 is 5.97 Å². The Morgan fingerprint density at radius 3 is 1.83 bits per heavy atom. The summed E-state index contributed by atoms with van der Waals surface area (Å²) >= 11 is 3.14. The number of amides is 1. The van der Waals surface area contributed by atoms with Crippen LogP contribution in [-0.4, -0.2) is 22.2 Å². The molecule has 1 saturated heterocycles. The zero-order chi connectivity index (χ0) is 25.1. The zero-order valence-corrected chi connectivity index (χ0v) is 21.6. The van der Waals surface area contributed by atoms with E-state index >= 15 is 0 Å². The quantitative estimate of drug-likeness (QED) is 0.181. The molecule has 4 aromatic rings. The Labute approximate surface area is 218 Å². The second-order valence-corrected chi connectivity index (χ2v) is 11.1. The van der Waals surface area contributed by atoms with Crippen LogP contribution in [0.4, 0.5) is 0 Å². The van der Waals surface area contributed by atoms with Crippen molar-refractivity contribution in [3.05, 3.63) is 124 Å². The second kappa shape index (κ2) is 10.3. The van der Waals surface area contributed by atoms with Crippen molar-refractivity contribution in [3.8, 4) is 0 Å². The summed E-state index contributed by atoms with van der Waals surface area (Å²) in [6.45, 7) is 3.27. The summed E-state index contributed by atoms with van der Waals surface area (Å²) in [6, 6.07) is 30.9. The zero-order valence-electron chi connectivity index (χ0n) is 20.0. The number of carbonyl (C=O) groups excluding carboxylic acids is 2. The smallest absolute Gasteiger partial charge is 0.303 e. The lowest BCUT2D eigenvalue weighted by Crippen LogP contribution is -2.60. The predicted molar refractivity (Wildman–Crippen MR) is 144 cm³/mol. The molecule has 3 aromatic carbocycles. The molecular formula is C29H26N2O3S2. The van der Waals surface area contributed by atoms with Crippen molar-refractivity contribution in [2.75, 3.05) is 0 Å². The fourth-order valence-corrected chi connectivity index (χ4v) is 7.11. The van der Waals surface area contributed by atoms with E-state index in [1.807, 2.05) is 66.9 Å². The fraction of sp³-hybridized carbons (Fsp3) is 0.207.